The first kappa shape index (κ1) is 25.1. The van der Waals surface area contributed by atoms with Crippen LogP contribution in [0.3, 0.4) is 0 Å². The Balaban J connectivity index is 0.00000210. The van der Waals surface area contributed by atoms with Gasteiger partial charge in [0.1, 0.15) is 12.4 Å². The first-order valence-electron chi connectivity index (χ1n) is 8.79. The monoisotopic (exact) mass is 457 g/mol. The molecule has 1 atom stereocenters. The second-order valence-electron chi connectivity index (χ2n) is 6.27. The third kappa shape index (κ3) is 7.45. The van der Waals surface area contributed by atoms with Crippen molar-refractivity contribution >= 4 is 45.6 Å². The fourth-order valence-corrected chi connectivity index (χ4v) is 3.96. The molecule has 0 saturated heterocycles. The van der Waals surface area contributed by atoms with E-state index in [2.05, 4.69) is 15.0 Å². The van der Waals surface area contributed by atoms with Crippen LogP contribution in [0.4, 0.5) is 0 Å². The summed E-state index contributed by atoms with van der Waals surface area (Å²) in [4.78, 5) is 4.29. The number of hydrogen-bond donors (Lipinski definition) is 2. The minimum atomic E-state index is -3.58. The van der Waals surface area contributed by atoms with Crippen molar-refractivity contribution in [2.45, 2.75) is 17.9 Å². The van der Waals surface area contributed by atoms with Gasteiger partial charge in [0, 0.05) is 36.9 Å². The van der Waals surface area contributed by atoms with Crippen LogP contribution in [0.2, 0.25) is 0 Å². The molecule has 1 heterocycles. The Morgan fingerprint density at radius 3 is 2.55 bits per heavy atom. The minimum Gasteiger partial charge on any atom is -0.492 e. The Morgan fingerprint density at radius 2 is 1.79 bits per heavy atom. The summed E-state index contributed by atoms with van der Waals surface area (Å²) in [6, 6.07) is 16.1. The molecule has 0 amide bonds. The molecule has 2 N–H and O–H groups in total. The van der Waals surface area contributed by atoms with Crippen LogP contribution in [0.15, 0.2) is 71.9 Å². The van der Waals surface area contributed by atoms with E-state index in [0.717, 1.165) is 16.5 Å². The second kappa shape index (κ2) is 11.9. The number of nitrogens with zero attached hydrogens (tertiary/aromatic N) is 1. The first-order chi connectivity index (χ1) is 13.0. The van der Waals surface area contributed by atoms with Crippen LogP contribution in [-0.2, 0) is 10.0 Å². The van der Waals surface area contributed by atoms with Gasteiger partial charge in [-0.25, -0.2) is 13.1 Å². The van der Waals surface area contributed by atoms with Gasteiger partial charge >= 0.3 is 0 Å². The number of ether oxygens (including phenoxy) is 1. The van der Waals surface area contributed by atoms with Crippen molar-refractivity contribution in [3.63, 3.8) is 0 Å². The highest BCUT2D eigenvalue weighted by molar-refractivity contribution is 7.89. The molecule has 0 aliphatic heterocycles. The van der Waals surface area contributed by atoms with Gasteiger partial charge in [-0.3, -0.25) is 4.98 Å². The van der Waals surface area contributed by atoms with Crippen LogP contribution in [0, 0.1) is 0 Å². The summed E-state index contributed by atoms with van der Waals surface area (Å²) in [6.45, 7) is 3.48. The highest BCUT2D eigenvalue weighted by atomic mass is 35.5. The predicted molar refractivity (Wildman–Crippen MR) is 121 cm³/mol. The standard InChI is InChI=1S/C20H23N3O3S.2ClH/c1-16(14-22-11-12-26-19-5-3-2-4-6-19)23-27(24,25)20-8-7-18-15-21-10-9-17(18)13-20;;/h2-10,13,15-16,22-23H,11-12,14H2,1H3;2*1H. The van der Waals surface area contributed by atoms with Gasteiger partial charge in [-0.15, -0.1) is 24.8 Å². The molecular weight excluding hydrogens is 433 g/mol. The number of rotatable bonds is 9. The van der Waals surface area contributed by atoms with Crippen LogP contribution >= 0.6 is 24.8 Å². The number of nitrogens with one attached hydrogen (secondary N) is 2. The largest absolute Gasteiger partial charge is 0.492 e. The molecule has 0 aliphatic rings. The Kier molecular flexibility index (Phi) is 10.4. The Morgan fingerprint density at radius 1 is 1.03 bits per heavy atom. The lowest BCUT2D eigenvalue weighted by Crippen LogP contribution is -2.40. The van der Waals surface area contributed by atoms with E-state index in [1.165, 1.54) is 0 Å². The average molecular weight is 458 g/mol. The van der Waals surface area contributed by atoms with Gasteiger partial charge in [0.15, 0.2) is 0 Å². The molecule has 9 heteroatoms. The summed E-state index contributed by atoms with van der Waals surface area (Å²) >= 11 is 0. The van der Waals surface area contributed by atoms with Crippen LogP contribution < -0.4 is 14.8 Å². The summed E-state index contributed by atoms with van der Waals surface area (Å²) in [5.41, 5.74) is 0. The van der Waals surface area contributed by atoms with E-state index in [4.69, 9.17) is 4.74 Å². The third-order valence-corrected chi connectivity index (χ3v) is 5.61. The number of benzene rings is 2. The minimum absolute atomic E-state index is 0. The maximum absolute atomic E-state index is 12.6. The maximum Gasteiger partial charge on any atom is 0.240 e. The quantitative estimate of drug-likeness (QED) is 0.481. The Hall–Kier alpha value is -1.90. The summed E-state index contributed by atoms with van der Waals surface area (Å²) in [5, 5.41) is 4.95. The topological polar surface area (TPSA) is 80.3 Å². The van der Waals surface area contributed by atoms with Crippen LogP contribution in [0.5, 0.6) is 5.75 Å². The van der Waals surface area contributed by atoms with Crippen molar-refractivity contribution in [3.05, 3.63) is 67.0 Å². The van der Waals surface area contributed by atoms with Gasteiger partial charge in [-0.05, 0) is 42.6 Å². The highest BCUT2D eigenvalue weighted by Crippen LogP contribution is 2.18. The lowest BCUT2D eigenvalue weighted by Gasteiger charge is -2.15. The van der Waals surface area contributed by atoms with Crippen molar-refractivity contribution in [2.24, 2.45) is 0 Å². The average Bonchev–Trinajstić information content (AvgIpc) is 2.68. The Bertz CT molecular complexity index is 988. The maximum atomic E-state index is 12.6. The number of fused-ring (bicyclic) bond motifs is 1. The van der Waals surface area contributed by atoms with Gasteiger partial charge < -0.3 is 10.1 Å². The number of para-hydroxylation sites is 1. The molecule has 0 spiro atoms. The van der Waals surface area contributed by atoms with Gasteiger partial charge in [-0.2, -0.15) is 0 Å². The fourth-order valence-electron chi connectivity index (χ4n) is 2.68. The van der Waals surface area contributed by atoms with Gasteiger partial charge in [0.05, 0.1) is 4.90 Å². The smallest absolute Gasteiger partial charge is 0.240 e. The number of hydrogen-bond acceptors (Lipinski definition) is 5. The number of pyridine rings is 1. The van der Waals surface area contributed by atoms with Gasteiger partial charge in [0.2, 0.25) is 10.0 Å². The predicted octanol–water partition coefficient (Wildman–Crippen LogP) is 3.41. The lowest BCUT2D eigenvalue weighted by molar-refractivity contribution is 0.312. The van der Waals surface area contributed by atoms with Crippen molar-refractivity contribution < 1.29 is 13.2 Å². The van der Waals surface area contributed by atoms with Crippen LogP contribution in [-0.4, -0.2) is 39.1 Å². The second-order valence-corrected chi connectivity index (χ2v) is 7.99. The number of halogens is 2. The third-order valence-electron chi connectivity index (χ3n) is 4.02. The van der Waals surface area contributed by atoms with Gasteiger partial charge in [-0.1, -0.05) is 24.3 Å². The molecule has 6 nitrogen and oxygen atoms in total. The number of aromatic nitrogens is 1. The fraction of sp³-hybridized carbons (Fsp3) is 0.250. The van der Waals surface area contributed by atoms with E-state index in [9.17, 15) is 8.42 Å². The summed E-state index contributed by atoms with van der Waals surface area (Å²) in [7, 11) is -3.58. The molecule has 0 saturated carbocycles. The molecule has 0 aliphatic carbocycles. The molecule has 3 aromatic rings. The zero-order valence-corrected chi connectivity index (χ0v) is 18.4. The molecule has 0 radical (unpaired) electrons. The SMILES string of the molecule is CC(CNCCOc1ccccc1)NS(=O)(=O)c1ccc2cnccc2c1.Cl.Cl. The van der Waals surface area contributed by atoms with E-state index in [1.54, 1.807) is 36.7 Å². The molecule has 0 fully saturated rings. The molecule has 2 aromatic carbocycles. The van der Waals surface area contributed by atoms with Crippen LogP contribution in [0.25, 0.3) is 10.8 Å². The molecular formula is C20H25Cl2N3O3S. The zero-order valence-electron chi connectivity index (χ0n) is 15.9. The van der Waals surface area contributed by atoms with E-state index in [0.29, 0.717) is 19.7 Å². The number of sulfonamides is 1. The summed E-state index contributed by atoms with van der Waals surface area (Å²) < 4.78 is 33.5. The zero-order chi connectivity index (χ0) is 19.1. The summed E-state index contributed by atoms with van der Waals surface area (Å²) in [6.07, 6.45) is 3.36. The first-order valence-corrected chi connectivity index (χ1v) is 10.3. The van der Waals surface area contributed by atoms with Gasteiger partial charge in [0.25, 0.3) is 0 Å². The molecule has 1 unspecified atom stereocenters. The van der Waals surface area contributed by atoms with Crippen molar-refractivity contribution in [2.75, 3.05) is 19.7 Å². The molecule has 29 heavy (non-hydrogen) atoms. The Labute approximate surface area is 183 Å². The van der Waals surface area contributed by atoms with Crippen LogP contribution in [0.1, 0.15) is 6.92 Å². The molecule has 1 aromatic heterocycles. The van der Waals surface area contributed by atoms with E-state index < -0.39 is 10.0 Å². The van der Waals surface area contributed by atoms with E-state index in [-0.39, 0.29) is 35.8 Å². The normalized spacial score (nSPS) is 11.9. The highest BCUT2D eigenvalue weighted by Gasteiger charge is 2.17. The van der Waals surface area contributed by atoms with E-state index >= 15 is 0 Å². The molecule has 158 valence electrons. The van der Waals surface area contributed by atoms with Crippen molar-refractivity contribution in [1.82, 2.24) is 15.0 Å². The van der Waals surface area contributed by atoms with Crippen molar-refractivity contribution in [3.8, 4) is 5.75 Å². The lowest BCUT2D eigenvalue weighted by atomic mass is 10.2. The molecule has 3 rings (SSSR count). The summed E-state index contributed by atoms with van der Waals surface area (Å²) in [5.74, 6) is 0.819. The van der Waals surface area contributed by atoms with E-state index in [1.807, 2.05) is 37.3 Å². The van der Waals surface area contributed by atoms with Crippen molar-refractivity contribution in [1.29, 1.82) is 0 Å². The molecule has 0 bridgehead atoms.